The lowest BCUT2D eigenvalue weighted by molar-refractivity contribution is -0.147. The van der Waals surface area contributed by atoms with Gasteiger partial charge < -0.3 is 20.1 Å². The monoisotopic (exact) mass is 452 g/mol. The lowest BCUT2D eigenvalue weighted by atomic mass is 9.91. The maximum Gasteiger partial charge on any atom is 0.408 e. The Hall–Kier alpha value is -3.35. The average Bonchev–Trinajstić information content (AvgIpc) is 3.14. The number of nitrogens with one attached hydrogen (secondary N) is 1. The van der Waals surface area contributed by atoms with Crippen molar-refractivity contribution < 1.29 is 24.2 Å². The maximum absolute atomic E-state index is 13.3. The van der Waals surface area contributed by atoms with Gasteiger partial charge in [-0.1, -0.05) is 69.3 Å². The van der Waals surface area contributed by atoms with Gasteiger partial charge in [0.15, 0.2) is 0 Å². The van der Waals surface area contributed by atoms with Gasteiger partial charge in [-0.15, -0.1) is 0 Å². The van der Waals surface area contributed by atoms with Crippen LogP contribution in [0.2, 0.25) is 0 Å². The second kappa shape index (κ2) is 10.5. The molecule has 2 aromatic rings. The van der Waals surface area contributed by atoms with Gasteiger partial charge in [0.25, 0.3) is 0 Å². The summed E-state index contributed by atoms with van der Waals surface area (Å²) < 4.78 is 5.63. The van der Waals surface area contributed by atoms with E-state index in [1.807, 2.05) is 43.3 Å². The Bertz CT molecular complexity index is 970. The molecule has 7 heteroatoms. The van der Waals surface area contributed by atoms with Crippen LogP contribution in [0.15, 0.2) is 48.5 Å². The minimum absolute atomic E-state index is 0.0832. The van der Waals surface area contributed by atoms with Crippen molar-refractivity contribution >= 4 is 18.0 Å². The van der Waals surface area contributed by atoms with Crippen LogP contribution in [0.25, 0.3) is 11.1 Å². The molecule has 0 unspecified atom stereocenters. The Morgan fingerprint density at radius 1 is 0.970 bits per heavy atom. The van der Waals surface area contributed by atoms with Crippen LogP contribution < -0.4 is 5.32 Å². The van der Waals surface area contributed by atoms with E-state index in [-0.39, 0.29) is 12.5 Å². The number of alkyl carbamates (subject to hydrolysis) is 1. The number of amides is 2. The molecule has 2 amide bonds. The van der Waals surface area contributed by atoms with Gasteiger partial charge in [-0.2, -0.15) is 0 Å². The Kier molecular flexibility index (Phi) is 7.74. The Balaban J connectivity index is 1.74. The largest absolute Gasteiger partial charge is 0.480 e. The van der Waals surface area contributed by atoms with E-state index in [2.05, 4.69) is 17.4 Å². The lowest BCUT2D eigenvalue weighted by Gasteiger charge is -2.35. The zero-order valence-corrected chi connectivity index (χ0v) is 19.5. The standard InChI is InChI=1S/C26H32N2O5/c1-4-15-28(16-23(29)30)24(31)26(5-2,6-3)27-25(32)33-17-22-20-13-9-7-11-18(20)19-12-8-10-14-21(19)22/h7-14,22H,4-6,15-17H2,1-3H3,(H,27,32)(H,29,30). The van der Waals surface area contributed by atoms with Crippen molar-refractivity contribution in [3.05, 3.63) is 59.7 Å². The summed E-state index contributed by atoms with van der Waals surface area (Å²) in [6.07, 6.45) is 0.590. The minimum Gasteiger partial charge on any atom is -0.480 e. The molecular formula is C26H32N2O5. The van der Waals surface area contributed by atoms with E-state index in [1.54, 1.807) is 13.8 Å². The highest BCUT2D eigenvalue weighted by Gasteiger charge is 2.40. The van der Waals surface area contributed by atoms with E-state index in [0.717, 1.165) is 22.3 Å². The number of carboxylic acids is 1. The van der Waals surface area contributed by atoms with Gasteiger partial charge >= 0.3 is 12.1 Å². The Morgan fingerprint density at radius 3 is 2.00 bits per heavy atom. The van der Waals surface area contributed by atoms with Crippen LogP contribution in [0.3, 0.4) is 0 Å². The summed E-state index contributed by atoms with van der Waals surface area (Å²) >= 11 is 0. The van der Waals surface area contributed by atoms with Gasteiger partial charge in [-0.05, 0) is 41.5 Å². The van der Waals surface area contributed by atoms with Crippen molar-refractivity contribution in [3.63, 3.8) is 0 Å². The van der Waals surface area contributed by atoms with E-state index >= 15 is 0 Å². The molecule has 0 aromatic heterocycles. The molecule has 0 spiro atoms. The molecule has 2 aromatic carbocycles. The maximum atomic E-state index is 13.3. The molecule has 176 valence electrons. The van der Waals surface area contributed by atoms with E-state index in [0.29, 0.717) is 25.8 Å². The molecule has 33 heavy (non-hydrogen) atoms. The summed E-state index contributed by atoms with van der Waals surface area (Å²) in [5, 5.41) is 12.0. The van der Waals surface area contributed by atoms with E-state index < -0.39 is 30.1 Å². The normalized spacial score (nSPS) is 12.6. The first-order valence-corrected chi connectivity index (χ1v) is 11.5. The molecule has 1 aliphatic rings. The molecule has 7 nitrogen and oxygen atoms in total. The number of carboxylic acid groups (broad SMARTS) is 1. The van der Waals surface area contributed by atoms with Gasteiger partial charge in [0.2, 0.25) is 5.91 Å². The fourth-order valence-corrected chi connectivity index (χ4v) is 4.60. The number of hydrogen-bond donors (Lipinski definition) is 2. The zero-order valence-electron chi connectivity index (χ0n) is 19.5. The molecular weight excluding hydrogens is 420 g/mol. The number of aliphatic carboxylic acids is 1. The summed E-state index contributed by atoms with van der Waals surface area (Å²) in [5.74, 6) is -1.57. The third kappa shape index (κ3) is 5.02. The first kappa shape index (κ1) is 24.3. The summed E-state index contributed by atoms with van der Waals surface area (Å²) in [6, 6.07) is 16.2. The van der Waals surface area contributed by atoms with Crippen molar-refractivity contribution in [1.82, 2.24) is 10.2 Å². The summed E-state index contributed by atoms with van der Waals surface area (Å²) in [6.45, 7) is 5.53. The molecule has 1 aliphatic carbocycles. The highest BCUT2D eigenvalue weighted by molar-refractivity contribution is 5.92. The number of fused-ring (bicyclic) bond motifs is 3. The minimum atomic E-state index is -1.22. The second-order valence-electron chi connectivity index (χ2n) is 8.36. The zero-order chi connectivity index (χ0) is 24.0. The van der Waals surface area contributed by atoms with E-state index in [4.69, 9.17) is 4.74 Å². The van der Waals surface area contributed by atoms with Gasteiger partial charge in [0.1, 0.15) is 18.7 Å². The third-order valence-electron chi connectivity index (χ3n) is 6.41. The van der Waals surface area contributed by atoms with Crippen molar-refractivity contribution in [2.75, 3.05) is 19.7 Å². The van der Waals surface area contributed by atoms with Crippen molar-refractivity contribution in [2.24, 2.45) is 0 Å². The first-order chi connectivity index (χ1) is 15.9. The molecule has 0 heterocycles. The molecule has 0 fully saturated rings. The number of ether oxygens (including phenoxy) is 1. The van der Waals surface area contributed by atoms with Crippen LogP contribution >= 0.6 is 0 Å². The fraction of sp³-hybridized carbons (Fsp3) is 0.423. The SMILES string of the molecule is CCCN(CC(=O)O)C(=O)C(CC)(CC)NC(=O)OCC1c2ccccc2-c2ccccc21. The predicted molar refractivity (Wildman–Crippen MR) is 126 cm³/mol. The quantitative estimate of drug-likeness (QED) is 0.557. The Labute approximate surface area is 194 Å². The summed E-state index contributed by atoms with van der Waals surface area (Å²) in [4.78, 5) is 38.7. The van der Waals surface area contributed by atoms with Gasteiger partial charge in [-0.3, -0.25) is 9.59 Å². The van der Waals surface area contributed by atoms with Crippen molar-refractivity contribution in [3.8, 4) is 11.1 Å². The predicted octanol–water partition coefficient (Wildman–Crippen LogP) is 4.41. The smallest absolute Gasteiger partial charge is 0.408 e. The molecule has 0 saturated carbocycles. The molecule has 3 rings (SSSR count). The third-order valence-corrected chi connectivity index (χ3v) is 6.41. The highest BCUT2D eigenvalue weighted by atomic mass is 16.5. The second-order valence-corrected chi connectivity index (χ2v) is 8.36. The topological polar surface area (TPSA) is 95.9 Å². The van der Waals surface area contributed by atoms with E-state index in [1.165, 1.54) is 4.90 Å². The lowest BCUT2D eigenvalue weighted by Crippen LogP contribution is -2.60. The van der Waals surface area contributed by atoms with Crippen LogP contribution in [-0.4, -0.2) is 53.2 Å². The number of rotatable bonds is 10. The first-order valence-electron chi connectivity index (χ1n) is 11.5. The molecule has 2 N–H and O–H groups in total. The van der Waals surface area contributed by atoms with Crippen LogP contribution in [-0.2, 0) is 14.3 Å². The molecule has 0 atom stereocenters. The van der Waals surface area contributed by atoms with Gasteiger partial charge in [0.05, 0.1) is 0 Å². The number of hydrogen-bond acceptors (Lipinski definition) is 4. The average molecular weight is 453 g/mol. The summed E-state index contributed by atoms with van der Waals surface area (Å²) in [5.41, 5.74) is 3.27. The fourth-order valence-electron chi connectivity index (χ4n) is 4.60. The summed E-state index contributed by atoms with van der Waals surface area (Å²) in [7, 11) is 0. The highest BCUT2D eigenvalue weighted by Crippen LogP contribution is 2.44. The molecule has 0 bridgehead atoms. The van der Waals surface area contributed by atoms with Crippen LogP contribution in [0.5, 0.6) is 0 Å². The van der Waals surface area contributed by atoms with Crippen LogP contribution in [0.1, 0.15) is 57.1 Å². The molecule has 0 radical (unpaired) electrons. The Morgan fingerprint density at radius 2 is 1.52 bits per heavy atom. The number of nitrogens with zero attached hydrogens (tertiary/aromatic N) is 1. The van der Waals surface area contributed by atoms with Crippen molar-refractivity contribution in [2.45, 2.75) is 51.5 Å². The number of benzene rings is 2. The van der Waals surface area contributed by atoms with Crippen LogP contribution in [0.4, 0.5) is 4.79 Å². The number of carbonyl (C=O) groups excluding carboxylic acids is 2. The van der Waals surface area contributed by atoms with E-state index in [9.17, 15) is 19.5 Å². The van der Waals surface area contributed by atoms with Gasteiger partial charge in [-0.25, -0.2) is 4.79 Å². The van der Waals surface area contributed by atoms with Crippen molar-refractivity contribution in [1.29, 1.82) is 0 Å². The van der Waals surface area contributed by atoms with Gasteiger partial charge in [0, 0.05) is 12.5 Å². The number of carbonyl (C=O) groups is 3. The molecule has 0 aliphatic heterocycles. The van der Waals surface area contributed by atoms with Crippen LogP contribution in [0, 0.1) is 0 Å². The molecule has 0 saturated heterocycles.